The first-order valence-electron chi connectivity index (χ1n) is 11.8. The van der Waals surface area contributed by atoms with Crippen LogP contribution in [0.2, 0.25) is 0 Å². The van der Waals surface area contributed by atoms with Crippen LogP contribution in [0, 0.1) is 0 Å². The van der Waals surface area contributed by atoms with Crippen LogP contribution in [0.5, 0.6) is 0 Å². The molecule has 0 aromatic carbocycles. The van der Waals surface area contributed by atoms with E-state index in [1.54, 1.807) is 6.92 Å². The average molecular weight is 420 g/mol. The van der Waals surface area contributed by atoms with Gasteiger partial charge in [-0.1, -0.05) is 0 Å². The molecule has 2 aliphatic heterocycles. The molecule has 0 bridgehead atoms. The van der Waals surface area contributed by atoms with E-state index in [-0.39, 0.29) is 5.91 Å². The Labute approximate surface area is 185 Å². The number of pyridine rings is 2. The first kappa shape index (κ1) is 20.3. The zero-order valence-corrected chi connectivity index (χ0v) is 18.7. The van der Waals surface area contributed by atoms with Crippen molar-refractivity contribution < 1.29 is 4.79 Å². The molecule has 2 saturated heterocycles. The molecule has 4 heterocycles. The molecule has 2 aromatic heterocycles. The molecule has 5 rings (SSSR count). The molecule has 3 fully saturated rings. The molecule has 1 N–H and O–H groups in total. The zero-order chi connectivity index (χ0) is 21.4. The van der Waals surface area contributed by atoms with Crippen LogP contribution < -0.4 is 10.2 Å². The Kier molecular flexibility index (Phi) is 5.55. The van der Waals surface area contributed by atoms with E-state index in [4.69, 9.17) is 4.98 Å². The van der Waals surface area contributed by atoms with Crippen molar-refractivity contribution in [1.82, 2.24) is 14.9 Å². The molecule has 164 valence electrons. The van der Waals surface area contributed by atoms with Gasteiger partial charge in [-0.25, -0.2) is 9.97 Å². The Bertz CT molecular complexity index is 949. The smallest absolute Gasteiger partial charge is 0.219 e. The Morgan fingerprint density at radius 3 is 2.39 bits per heavy atom. The molecule has 1 aliphatic carbocycles. The van der Waals surface area contributed by atoms with Gasteiger partial charge in [-0.15, -0.1) is 0 Å². The highest BCUT2D eigenvalue weighted by molar-refractivity contribution is 5.73. The molecule has 2 aromatic rings. The van der Waals surface area contributed by atoms with Crippen molar-refractivity contribution in [3.05, 3.63) is 41.6 Å². The highest BCUT2D eigenvalue weighted by Crippen LogP contribution is 2.40. The largest absolute Gasteiger partial charge is 0.354 e. The molecule has 1 amide bonds. The maximum absolute atomic E-state index is 11.7. The summed E-state index contributed by atoms with van der Waals surface area (Å²) < 4.78 is 0. The highest BCUT2D eigenvalue weighted by Gasteiger charge is 2.27. The number of amides is 1. The summed E-state index contributed by atoms with van der Waals surface area (Å²) in [5.41, 5.74) is 2.70. The minimum absolute atomic E-state index is 0.184. The van der Waals surface area contributed by atoms with Gasteiger partial charge in [0.25, 0.3) is 0 Å². The topological polar surface area (TPSA) is 61.4 Å². The number of hydrogen-bond acceptors (Lipinski definition) is 5. The fraction of sp³-hybridized carbons (Fsp3) is 0.560. The van der Waals surface area contributed by atoms with Crippen molar-refractivity contribution in [2.45, 2.75) is 70.3 Å². The minimum Gasteiger partial charge on any atom is -0.354 e. The van der Waals surface area contributed by atoms with Crippen molar-refractivity contribution in [1.29, 1.82) is 0 Å². The van der Waals surface area contributed by atoms with E-state index in [0.29, 0.717) is 17.9 Å². The molecular formula is C25H33N5O. The maximum Gasteiger partial charge on any atom is 0.219 e. The number of anilines is 3. The molecular weight excluding hydrogens is 386 g/mol. The average Bonchev–Trinajstić information content (AvgIpc) is 3.54. The Hall–Kier alpha value is -2.63. The summed E-state index contributed by atoms with van der Waals surface area (Å²) in [5.74, 6) is 4.17. The summed E-state index contributed by atoms with van der Waals surface area (Å²) >= 11 is 0. The molecule has 6 nitrogen and oxygen atoms in total. The lowest BCUT2D eigenvalue weighted by Gasteiger charge is -2.32. The number of carbonyl (C=O) groups excluding carboxylic acids is 1. The lowest BCUT2D eigenvalue weighted by Crippen LogP contribution is -2.36. The van der Waals surface area contributed by atoms with Crippen molar-refractivity contribution >= 4 is 23.4 Å². The van der Waals surface area contributed by atoms with Crippen LogP contribution in [0.3, 0.4) is 0 Å². The fourth-order valence-corrected chi connectivity index (χ4v) is 5.10. The number of aromatic nitrogens is 2. The normalized spacial score (nSPS) is 22.1. The van der Waals surface area contributed by atoms with E-state index in [9.17, 15) is 4.79 Å². The lowest BCUT2D eigenvalue weighted by molar-refractivity contribution is -0.129. The van der Waals surface area contributed by atoms with Crippen LogP contribution in [0.4, 0.5) is 17.5 Å². The van der Waals surface area contributed by atoms with E-state index in [0.717, 1.165) is 49.9 Å². The quantitative estimate of drug-likeness (QED) is 0.753. The van der Waals surface area contributed by atoms with Crippen LogP contribution in [0.15, 0.2) is 30.5 Å². The van der Waals surface area contributed by atoms with E-state index in [2.05, 4.69) is 46.4 Å². The summed E-state index contributed by atoms with van der Waals surface area (Å²) in [7, 11) is 0. The summed E-state index contributed by atoms with van der Waals surface area (Å²) in [6.07, 6.45) is 8.93. The Balaban J connectivity index is 1.42. The van der Waals surface area contributed by atoms with E-state index < -0.39 is 0 Å². The zero-order valence-electron chi connectivity index (χ0n) is 18.7. The number of hydrogen-bond donors (Lipinski definition) is 1. The molecule has 6 heteroatoms. The number of likely N-dealkylation sites (tertiary alicyclic amines) is 1. The fourth-order valence-electron chi connectivity index (χ4n) is 5.10. The van der Waals surface area contributed by atoms with Gasteiger partial charge in [0.2, 0.25) is 5.91 Å². The van der Waals surface area contributed by atoms with E-state index in [1.807, 2.05) is 11.1 Å². The minimum atomic E-state index is 0.184. The van der Waals surface area contributed by atoms with Crippen molar-refractivity contribution in [3.8, 4) is 0 Å². The van der Waals surface area contributed by atoms with Crippen molar-refractivity contribution in [3.63, 3.8) is 0 Å². The lowest BCUT2D eigenvalue weighted by atomic mass is 9.89. The van der Waals surface area contributed by atoms with Crippen molar-refractivity contribution in [2.75, 3.05) is 29.9 Å². The van der Waals surface area contributed by atoms with Gasteiger partial charge in [0.1, 0.15) is 17.5 Å². The van der Waals surface area contributed by atoms with E-state index in [1.165, 1.54) is 36.8 Å². The van der Waals surface area contributed by atoms with Crippen LogP contribution >= 0.6 is 0 Å². The molecule has 1 saturated carbocycles. The molecule has 3 aliphatic rings. The van der Waals surface area contributed by atoms with Crippen molar-refractivity contribution in [2.24, 2.45) is 0 Å². The van der Waals surface area contributed by atoms with Gasteiger partial charge in [0.05, 0.1) is 0 Å². The van der Waals surface area contributed by atoms with E-state index >= 15 is 0 Å². The van der Waals surface area contributed by atoms with Crippen LogP contribution in [-0.2, 0) is 4.79 Å². The number of rotatable bonds is 5. The highest BCUT2D eigenvalue weighted by atomic mass is 16.2. The molecule has 0 spiro atoms. The molecule has 0 radical (unpaired) electrons. The second-order valence-corrected chi connectivity index (χ2v) is 9.48. The van der Waals surface area contributed by atoms with Gasteiger partial charge < -0.3 is 15.1 Å². The predicted molar refractivity (Wildman–Crippen MR) is 124 cm³/mol. The second-order valence-electron chi connectivity index (χ2n) is 9.48. The number of carbonyl (C=O) groups is 1. The standard InChI is InChI=1S/C25H33N5O/c1-17-4-3-11-30(17)25-16-22(20-8-12-29(13-9-20)18(2)31)15-24(28-25)27-23-14-21(7-10-26-23)19-5-6-19/h7,10,14-17,19-20H,3-6,8-9,11-13H2,1-2H3,(H,26,27,28). The third-order valence-electron chi connectivity index (χ3n) is 7.18. The summed E-state index contributed by atoms with van der Waals surface area (Å²) in [4.78, 5) is 25.7. The van der Waals surface area contributed by atoms with Gasteiger partial charge in [-0.05, 0) is 92.7 Å². The predicted octanol–water partition coefficient (Wildman–Crippen LogP) is 4.81. The van der Waals surface area contributed by atoms with Crippen LogP contribution in [-0.4, -0.2) is 46.5 Å². The summed E-state index contributed by atoms with van der Waals surface area (Å²) in [6.45, 7) is 6.71. The van der Waals surface area contributed by atoms with Gasteiger partial charge >= 0.3 is 0 Å². The third-order valence-corrected chi connectivity index (χ3v) is 7.18. The van der Waals surface area contributed by atoms with Gasteiger partial charge in [-0.3, -0.25) is 4.79 Å². The third kappa shape index (κ3) is 4.53. The molecule has 31 heavy (non-hydrogen) atoms. The van der Waals surface area contributed by atoms with Crippen LogP contribution in [0.25, 0.3) is 0 Å². The number of piperidine rings is 1. The van der Waals surface area contributed by atoms with Gasteiger partial charge in [0.15, 0.2) is 0 Å². The van der Waals surface area contributed by atoms with Crippen LogP contribution in [0.1, 0.15) is 75.3 Å². The van der Waals surface area contributed by atoms with Gasteiger partial charge in [0, 0.05) is 38.8 Å². The summed E-state index contributed by atoms with van der Waals surface area (Å²) in [6, 6.07) is 9.31. The molecule has 1 atom stereocenters. The first-order valence-corrected chi connectivity index (χ1v) is 11.8. The Morgan fingerprint density at radius 1 is 0.968 bits per heavy atom. The SMILES string of the molecule is CC(=O)N1CCC(c2cc(Nc3cc(C4CC4)ccn3)nc(N3CCCC3C)c2)CC1. The monoisotopic (exact) mass is 419 g/mol. The molecule has 1 unspecified atom stereocenters. The second kappa shape index (κ2) is 8.48. The maximum atomic E-state index is 11.7. The number of nitrogens with one attached hydrogen (secondary N) is 1. The number of nitrogens with zero attached hydrogens (tertiary/aromatic N) is 4. The Morgan fingerprint density at radius 2 is 1.71 bits per heavy atom. The summed E-state index contributed by atoms with van der Waals surface area (Å²) in [5, 5.41) is 3.50. The first-order chi connectivity index (χ1) is 15.1. The van der Waals surface area contributed by atoms with Gasteiger partial charge in [-0.2, -0.15) is 0 Å².